The lowest BCUT2D eigenvalue weighted by atomic mass is 9.83. The Morgan fingerprint density at radius 1 is 1.11 bits per heavy atom. The lowest BCUT2D eigenvalue weighted by molar-refractivity contribution is -0.124. The van der Waals surface area contributed by atoms with Crippen molar-refractivity contribution in [3.63, 3.8) is 0 Å². The van der Waals surface area contributed by atoms with Crippen LogP contribution >= 0.6 is 0 Å². The average molecular weight is 487 g/mol. The second-order valence-corrected chi connectivity index (χ2v) is 10.8. The summed E-state index contributed by atoms with van der Waals surface area (Å²) in [6.07, 6.45) is 5.56. The van der Waals surface area contributed by atoms with Gasteiger partial charge in [-0.05, 0) is 62.1 Å². The zero-order chi connectivity index (χ0) is 25.7. The van der Waals surface area contributed by atoms with E-state index in [0.717, 1.165) is 48.1 Å². The number of allylic oxidation sites excluding steroid dienone is 1. The van der Waals surface area contributed by atoms with E-state index in [9.17, 15) is 9.59 Å². The first-order valence-corrected chi connectivity index (χ1v) is 13.0. The summed E-state index contributed by atoms with van der Waals surface area (Å²) in [7, 11) is 0. The van der Waals surface area contributed by atoms with Gasteiger partial charge in [0.2, 0.25) is 0 Å². The molecule has 2 amide bonds. The minimum absolute atomic E-state index is 0.0730. The molecule has 0 saturated carbocycles. The van der Waals surface area contributed by atoms with E-state index >= 15 is 0 Å². The quantitative estimate of drug-likeness (QED) is 0.451. The topological polar surface area (TPSA) is 85.3 Å². The second-order valence-electron chi connectivity index (χ2n) is 10.8. The lowest BCUT2D eigenvalue weighted by Crippen LogP contribution is -2.51. The van der Waals surface area contributed by atoms with Gasteiger partial charge in [0.05, 0.1) is 11.2 Å². The Labute approximate surface area is 214 Å². The molecule has 0 radical (unpaired) electrons. The number of hydrogen-bond acceptors (Lipinski definition) is 3. The number of anilines is 1. The van der Waals surface area contributed by atoms with E-state index in [1.807, 2.05) is 72.5 Å². The molecule has 0 bridgehead atoms. The van der Waals surface area contributed by atoms with Gasteiger partial charge in [-0.25, -0.2) is 4.79 Å². The highest BCUT2D eigenvalue weighted by atomic mass is 16.2. The van der Waals surface area contributed by atoms with Crippen molar-refractivity contribution in [1.82, 2.24) is 10.2 Å². The lowest BCUT2D eigenvalue weighted by Gasteiger charge is -2.33. The van der Waals surface area contributed by atoms with Crippen molar-refractivity contribution in [3.05, 3.63) is 66.2 Å². The zero-order valence-electron chi connectivity index (χ0n) is 21.6. The summed E-state index contributed by atoms with van der Waals surface area (Å²) >= 11 is 0. The predicted molar refractivity (Wildman–Crippen MR) is 146 cm³/mol. The molecule has 2 aliphatic rings. The minimum atomic E-state index is -0.680. The van der Waals surface area contributed by atoms with Gasteiger partial charge in [0.25, 0.3) is 0 Å². The molecule has 1 fully saturated rings. The Kier molecular flexibility index (Phi) is 7.92. The number of nitrogens with one attached hydrogen (secondary N) is 3. The van der Waals surface area contributed by atoms with E-state index in [1.165, 1.54) is 0 Å². The molecule has 0 aromatic heterocycles. The third kappa shape index (κ3) is 6.23. The van der Waals surface area contributed by atoms with Crippen LogP contribution in [0.25, 0.3) is 11.1 Å². The van der Waals surface area contributed by atoms with Crippen LogP contribution in [0.15, 0.2) is 66.2 Å². The van der Waals surface area contributed by atoms with E-state index in [-0.39, 0.29) is 11.8 Å². The zero-order valence-corrected chi connectivity index (χ0v) is 21.6. The molecule has 3 N–H and O–H groups in total. The van der Waals surface area contributed by atoms with E-state index in [0.29, 0.717) is 37.2 Å². The maximum absolute atomic E-state index is 13.1. The summed E-state index contributed by atoms with van der Waals surface area (Å²) in [5.74, 6) is 1.27. The number of Topliss-reactive ketones (excluding diaryl/α,β-unsaturated/α-hetero) is 1. The number of likely N-dealkylation sites (tertiary alicyclic amines) is 1. The molecular weight excluding hydrogens is 448 g/mol. The van der Waals surface area contributed by atoms with Crippen LogP contribution < -0.4 is 10.6 Å². The monoisotopic (exact) mass is 486 g/mol. The standard InChI is InChI=1S/C30H38N4O2/c1-21(2)20-30(3)27(35)18-23(19-28(31)33-30)17-22-13-15-34(16-14-22)29(36)32-26-12-8-7-11-25(26)24-9-5-4-6-10-24/h4-12,19,21-22H,13-18,20H2,1-3H3,(H2,31,33)(H,32,36). The summed E-state index contributed by atoms with van der Waals surface area (Å²) in [4.78, 5) is 28.0. The maximum Gasteiger partial charge on any atom is 0.321 e. The molecule has 190 valence electrons. The first kappa shape index (κ1) is 25.7. The smallest absolute Gasteiger partial charge is 0.321 e. The highest BCUT2D eigenvalue weighted by Crippen LogP contribution is 2.31. The van der Waals surface area contributed by atoms with Crippen LogP contribution in [0.4, 0.5) is 10.5 Å². The van der Waals surface area contributed by atoms with Crippen LogP contribution in [0.1, 0.15) is 52.9 Å². The van der Waals surface area contributed by atoms with Crippen molar-refractivity contribution < 1.29 is 9.59 Å². The number of rotatable bonds is 6. The number of carbonyl (C=O) groups is 2. The van der Waals surface area contributed by atoms with Crippen molar-refractivity contribution in [1.29, 1.82) is 5.41 Å². The fourth-order valence-electron chi connectivity index (χ4n) is 5.54. The van der Waals surface area contributed by atoms with E-state index in [1.54, 1.807) is 0 Å². The largest absolute Gasteiger partial charge is 0.358 e. The van der Waals surface area contributed by atoms with Crippen molar-refractivity contribution in [2.75, 3.05) is 18.4 Å². The number of nitrogens with zero attached hydrogens (tertiary/aromatic N) is 1. The molecule has 1 unspecified atom stereocenters. The van der Waals surface area contributed by atoms with Crippen LogP contribution in [-0.4, -0.2) is 41.2 Å². The van der Waals surface area contributed by atoms with Gasteiger partial charge >= 0.3 is 6.03 Å². The number of para-hydroxylation sites is 1. The summed E-state index contributed by atoms with van der Waals surface area (Å²) in [6, 6.07) is 17.9. The number of ketones is 1. The molecule has 6 heteroatoms. The number of hydrogen-bond donors (Lipinski definition) is 3. The molecule has 2 aromatic rings. The van der Waals surface area contributed by atoms with Crippen molar-refractivity contribution in [2.24, 2.45) is 11.8 Å². The average Bonchev–Trinajstić information content (AvgIpc) is 2.94. The number of benzene rings is 2. The van der Waals surface area contributed by atoms with Crippen LogP contribution in [-0.2, 0) is 4.79 Å². The normalized spacial score (nSPS) is 21.1. The predicted octanol–water partition coefficient (Wildman–Crippen LogP) is 6.26. The third-order valence-electron chi connectivity index (χ3n) is 7.28. The number of piperidine rings is 1. The first-order chi connectivity index (χ1) is 17.2. The number of urea groups is 1. The highest BCUT2D eigenvalue weighted by Gasteiger charge is 2.36. The Balaban J connectivity index is 1.33. The Bertz CT molecular complexity index is 1130. The molecule has 4 rings (SSSR count). The number of amides is 2. The number of amidine groups is 1. The van der Waals surface area contributed by atoms with Crippen LogP contribution in [0.3, 0.4) is 0 Å². The SMILES string of the molecule is CC(C)CC1(C)NC(=N)C=C(CC2CCN(C(=O)Nc3ccccc3-c3ccccc3)CC2)CC1=O. The third-order valence-corrected chi connectivity index (χ3v) is 7.28. The molecule has 1 atom stereocenters. The van der Waals surface area contributed by atoms with Gasteiger partial charge in [-0.3, -0.25) is 10.2 Å². The Hall–Kier alpha value is -3.41. The van der Waals surface area contributed by atoms with E-state index in [2.05, 4.69) is 24.5 Å². The van der Waals surface area contributed by atoms with Crippen LogP contribution in [0.5, 0.6) is 0 Å². The fourth-order valence-corrected chi connectivity index (χ4v) is 5.54. The van der Waals surface area contributed by atoms with Gasteiger partial charge in [-0.2, -0.15) is 0 Å². The van der Waals surface area contributed by atoms with Gasteiger partial charge in [-0.15, -0.1) is 0 Å². The summed E-state index contributed by atoms with van der Waals surface area (Å²) < 4.78 is 0. The van der Waals surface area contributed by atoms with E-state index < -0.39 is 5.54 Å². The maximum atomic E-state index is 13.1. The molecule has 36 heavy (non-hydrogen) atoms. The van der Waals surface area contributed by atoms with Gasteiger partial charge in [0, 0.05) is 25.1 Å². The molecule has 0 aliphatic carbocycles. The Morgan fingerprint density at radius 2 is 1.78 bits per heavy atom. The van der Waals surface area contributed by atoms with Crippen molar-refractivity contribution in [2.45, 2.75) is 58.4 Å². The van der Waals surface area contributed by atoms with Gasteiger partial charge in [0.1, 0.15) is 5.84 Å². The van der Waals surface area contributed by atoms with Gasteiger partial charge < -0.3 is 15.5 Å². The highest BCUT2D eigenvalue weighted by molar-refractivity contribution is 6.01. The molecule has 2 aliphatic heterocycles. The number of carbonyl (C=O) groups excluding carboxylic acids is 2. The van der Waals surface area contributed by atoms with Gasteiger partial charge in [0.15, 0.2) is 5.78 Å². The van der Waals surface area contributed by atoms with Crippen LogP contribution in [0.2, 0.25) is 0 Å². The molecule has 2 heterocycles. The molecule has 0 spiro atoms. The van der Waals surface area contributed by atoms with Crippen LogP contribution in [0, 0.1) is 17.2 Å². The summed E-state index contributed by atoms with van der Waals surface area (Å²) in [6.45, 7) is 7.51. The molecular formula is C30H38N4O2. The Morgan fingerprint density at radius 3 is 2.47 bits per heavy atom. The van der Waals surface area contributed by atoms with Crippen molar-refractivity contribution >= 4 is 23.3 Å². The first-order valence-electron chi connectivity index (χ1n) is 13.0. The molecule has 2 aromatic carbocycles. The van der Waals surface area contributed by atoms with E-state index in [4.69, 9.17) is 5.41 Å². The minimum Gasteiger partial charge on any atom is -0.358 e. The molecule has 6 nitrogen and oxygen atoms in total. The second kappa shape index (κ2) is 11.1. The fraction of sp³-hybridized carbons (Fsp3) is 0.433. The van der Waals surface area contributed by atoms with Gasteiger partial charge in [-0.1, -0.05) is 68.0 Å². The molecule has 1 saturated heterocycles. The summed E-state index contributed by atoms with van der Waals surface area (Å²) in [5.41, 5.74) is 3.24. The van der Waals surface area contributed by atoms with Crippen molar-refractivity contribution in [3.8, 4) is 11.1 Å². The summed E-state index contributed by atoms with van der Waals surface area (Å²) in [5, 5.41) is 14.6.